The van der Waals surface area contributed by atoms with Crippen molar-refractivity contribution in [2.45, 2.75) is 0 Å². The number of primary amides is 1. The minimum atomic E-state index is -0.379. The number of carbonyl (C=O) groups excluding carboxylic acids is 1. The van der Waals surface area contributed by atoms with Crippen LogP contribution in [0, 0.1) is 0 Å². The van der Waals surface area contributed by atoms with Gasteiger partial charge in [0.15, 0.2) is 0 Å². The van der Waals surface area contributed by atoms with Gasteiger partial charge in [0.1, 0.15) is 11.5 Å². The molecule has 64 valence electrons. The molecule has 0 atom stereocenters. The summed E-state index contributed by atoms with van der Waals surface area (Å²) in [6.07, 6.45) is 0. The first-order valence-electron chi connectivity index (χ1n) is 3.42. The number of carbonyl (C=O) groups is 1. The second-order valence-corrected chi connectivity index (χ2v) is 2.82. The van der Waals surface area contributed by atoms with E-state index in [4.69, 9.17) is 9.92 Å². The second kappa shape index (κ2) is 4.66. The monoisotopic (exact) mass is 183 g/mol. The first kappa shape index (κ1) is 8.93. The Morgan fingerprint density at radius 3 is 2.67 bits per heavy atom. The Balaban J connectivity index is 2.29. The van der Waals surface area contributed by atoms with E-state index in [0.717, 1.165) is 17.8 Å². The zero-order chi connectivity index (χ0) is 8.81. The molecule has 1 aromatic carbocycles. The van der Waals surface area contributed by atoms with Gasteiger partial charge in [0.05, 0.1) is 12.0 Å². The molecule has 0 fully saturated rings. The highest BCUT2D eigenvalue weighted by Gasteiger charge is 1.96. The van der Waals surface area contributed by atoms with E-state index in [2.05, 4.69) is 0 Å². The summed E-state index contributed by atoms with van der Waals surface area (Å²) in [6.45, 7) is 0. The fourth-order valence-electron chi connectivity index (χ4n) is 0.632. The average Bonchev–Trinajstić information content (AvgIpc) is 2.05. The predicted octanol–water partition coefficient (Wildman–Crippen LogP) is 1.20. The number of amides is 1. The van der Waals surface area contributed by atoms with Crippen LogP contribution < -0.4 is 9.92 Å². The van der Waals surface area contributed by atoms with Gasteiger partial charge in [0.25, 0.3) is 0 Å². The van der Waals surface area contributed by atoms with Crippen molar-refractivity contribution in [2.75, 3.05) is 5.75 Å². The molecule has 3 nitrogen and oxygen atoms in total. The minimum Gasteiger partial charge on any atom is -0.425 e. The molecule has 4 heteroatoms. The van der Waals surface area contributed by atoms with Crippen molar-refractivity contribution in [1.29, 1.82) is 0 Å². The number of hydrogen-bond acceptors (Lipinski definition) is 3. The first-order valence-corrected chi connectivity index (χ1v) is 4.33. The second-order valence-electron chi connectivity index (χ2n) is 2.12. The van der Waals surface area contributed by atoms with Crippen LogP contribution in [0.15, 0.2) is 30.3 Å². The molecule has 0 spiro atoms. The molecule has 0 aliphatic rings. The third-order valence-corrected chi connectivity index (χ3v) is 1.81. The molecular weight excluding hydrogens is 174 g/mol. The van der Waals surface area contributed by atoms with Crippen LogP contribution in [0.5, 0.6) is 5.75 Å². The van der Waals surface area contributed by atoms with E-state index < -0.39 is 0 Å². The molecule has 0 bridgehead atoms. The number of hydrogen-bond donors (Lipinski definition) is 1. The van der Waals surface area contributed by atoms with Gasteiger partial charge in [-0.05, 0) is 12.1 Å². The van der Waals surface area contributed by atoms with Crippen LogP contribution >= 0.6 is 12.0 Å². The Labute approximate surface area is 75.1 Å². The van der Waals surface area contributed by atoms with Crippen molar-refractivity contribution >= 4 is 17.9 Å². The topological polar surface area (TPSA) is 52.3 Å². The van der Waals surface area contributed by atoms with Crippen molar-refractivity contribution < 1.29 is 8.98 Å². The Kier molecular flexibility index (Phi) is 3.47. The van der Waals surface area contributed by atoms with Crippen molar-refractivity contribution in [1.82, 2.24) is 0 Å². The van der Waals surface area contributed by atoms with Crippen LogP contribution in [0.3, 0.4) is 0 Å². The summed E-state index contributed by atoms with van der Waals surface area (Å²) >= 11 is 1.04. The molecule has 0 aliphatic heterocycles. The maximum absolute atomic E-state index is 10.3. The Morgan fingerprint density at radius 2 is 2.08 bits per heavy atom. The fraction of sp³-hybridized carbons (Fsp3) is 0.125. The van der Waals surface area contributed by atoms with Gasteiger partial charge in [-0.2, -0.15) is 0 Å². The molecule has 0 aromatic heterocycles. The van der Waals surface area contributed by atoms with Gasteiger partial charge < -0.3 is 9.92 Å². The molecule has 12 heavy (non-hydrogen) atoms. The van der Waals surface area contributed by atoms with Gasteiger partial charge in [-0.25, -0.2) is 0 Å². The van der Waals surface area contributed by atoms with E-state index >= 15 is 0 Å². The van der Waals surface area contributed by atoms with E-state index in [1.54, 1.807) is 0 Å². The molecule has 0 aliphatic carbocycles. The smallest absolute Gasteiger partial charge is 0.230 e. The lowest BCUT2D eigenvalue weighted by Crippen LogP contribution is -2.13. The quantitative estimate of drug-likeness (QED) is 0.713. The predicted molar refractivity (Wildman–Crippen MR) is 48.7 cm³/mol. The minimum absolute atomic E-state index is 0.175. The SMILES string of the molecule is NC(=O)CSOc1ccccc1. The summed E-state index contributed by atoms with van der Waals surface area (Å²) < 4.78 is 5.13. The van der Waals surface area contributed by atoms with Crippen molar-refractivity contribution in [3.8, 4) is 5.75 Å². The normalized spacial score (nSPS) is 9.33. The molecule has 1 rings (SSSR count). The molecule has 1 aromatic rings. The third-order valence-electron chi connectivity index (χ3n) is 1.10. The van der Waals surface area contributed by atoms with Gasteiger partial charge in [-0.1, -0.05) is 18.2 Å². The van der Waals surface area contributed by atoms with E-state index in [-0.39, 0.29) is 11.7 Å². The summed E-state index contributed by atoms with van der Waals surface area (Å²) in [5, 5.41) is 0. The number of para-hydroxylation sites is 1. The van der Waals surface area contributed by atoms with E-state index in [0.29, 0.717) is 0 Å². The molecule has 0 radical (unpaired) electrons. The summed E-state index contributed by atoms with van der Waals surface area (Å²) in [5.41, 5.74) is 4.92. The zero-order valence-corrected chi connectivity index (χ0v) is 7.21. The van der Waals surface area contributed by atoms with Crippen LogP contribution in [0.2, 0.25) is 0 Å². The van der Waals surface area contributed by atoms with Gasteiger partial charge in [-0.3, -0.25) is 4.79 Å². The van der Waals surface area contributed by atoms with E-state index in [1.807, 2.05) is 30.3 Å². The highest BCUT2D eigenvalue weighted by Crippen LogP contribution is 2.14. The largest absolute Gasteiger partial charge is 0.425 e. The van der Waals surface area contributed by atoms with E-state index in [9.17, 15) is 4.79 Å². The summed E-state index contributed by atoms with van der Waals surface area (Å²) in [4.78, 5) is 10.3. The lowest BCUT2D eigenvalue weighted by Gasteiger charge is -2.00. The molecular formula is C8H9NO2S. The fourth-order valence-corrected chi connectivity index (χ4v) is 1.05. The van der Waals surface area contributed by atoms with Gasteiger partial charge >= 0.3 is 0 Å². The molecule has 1 amide bonds. The molecule has 0 saturated carbocycles. The summed E-state index contributed by atoms with van der Waals surface area (Å²) in [7, 11) is 0. The van der Waals surface area contributed by atoms with Crippen molar-refractivity contribution in [2.24, 2.45) is 5.73 Å². The highest BCUT2D eigenvalue weighted by atomic mass is 32.2. The van der Waals surface area contributed by atoms with Gasteiger partial charge in [0, 0.05) is 0 Å². The lowest BCUT2D eigenvalue weighted by atomic mass is 10.3. The molecule has 2 N–H and O–H groups in total. The molecule has 0 saturated heterocycles. The summed E-state index contributed by atoms with van der Waals surface area (Å²) in [5.74, 6) is 0.522. The van der Waals surface area contributed by atoms with Crippen LogP contribution in [-0.4, -0.2) is 11.7 Å². The Morgan fingerprint density at radius 1 is 1.42 bits per heavy atom. The van der Waals surface area contributed by atoms with Crippen molar-refractivity contribution in [3.63, 3.8) is 0 Å². The Hall–Kier alpha value is -1.16. The van der Waals surface area contributed by atoms with Crippen LogP contribution in [0.25, 0.3) is 0 Å². The zero-order valence-electron chi connectivity index (χ0n) is 6.40. The number of benzene rings is 1. The molecule has 0 heterocycles. The lowest BCUT2D eigenvalue weighted by molar-refractivity contribution is -0.115. The Bertz CT molecular complexity index is 250. The third kappa shape index (κ3) is 3.30. The number of rotatable bonds is 4. The standard InChI is InChI=1S/C8H9NO2S/c9-8(10)6-12-11-7-4-2-1-3-5-7/h1-5H,6H2,(H2,9,10). The number of nitrogens with two attached hydrogens (primary N) is 1. The van der Waals surface area contributed by atoms with Crippen LogP contribution in [0.1, 0.15) is 0 Å². The summed E-state index contributed by atoms with van der Waals surface area (Å²) in [6, 6.07) is 9.24. The molecule has 0 unspecified atom stereocenters. The maximum Gasteiger partial charge on any atom is 0.230 e. The van der Waals surface area contributed by atoms with Gasteiger partial charge in [-0.15, -0.1) is 0 Å². The maximum atomic E-state index is 10.3. The van der Waals surface area contributed by atoms with Crippen LogP contribution in [-0.2, 0) is 4.79 Å². The first-order chi connectivity index (χ1) is 5.79. The highest BCUT2D eigenvalue weighted by molar-refractivity contribution is 7.95. The van der Waals surface area contributed by atoms with E-state index in [1.165, 1.54) is 0 Å². The van der Waals surface area contributed by atoms with Gasteiger partial charge in [0.2, 0.25) is 5.91 Å². The van der Waals surface area contributed by atoms with Crippen molar-refractivity contribution in [3.05, 3.63) is 30.3 Å². The average molecular weight is 183 g/mol. The van der Waals surface area contributed by atoms with Crippen LogP contribution in [0.4, 0.5) is 0 Å².